The van der Waals surface area contributed by atoms with Crippen molar-refractivity contribution in [3.8, 4) is 17.2 Å². The van der Waals surface area contributed by atoms with E-state index in [1.807, 2.05) is 0 Å². The number of nitrogens with one attached hydrogen (secondary N) is 4. The number of fused-ring (bicyclic) bond motifs is 3. The van der Waals surface area contributed by atoms with Gasteiger partial charge in [-0.2, -0.15) is 24.9 Å². The summed E-state index contributed by atoms with van der Waals surface area (Å²) in [6.07, 6.45) is -10.5. The number of nitrogens with two attached hydrogens (primary N) is 1. The van der Waals surface area contributed by atoms with Crippen molar-refractivity contribution in [3.63, 3.8) is 0 Å². The summed E-state index contributed by atoms with van der Waals surface area (Å²) in [5.41, 5.74) is 2.75. The first-order chi connectivity index (χ1) is 49.9. The van der Waals surface area contributed by atoms with E-state index in [0.29, 0.717) is 67.6 Å². The van der Waals surface area contributed by atoms with Crippen molar-refractivity contribution < 1.29 is 258 Å². The van der Waals surface area contributed by atoms with Crippen LogP contribution in [-0.4, -0.2) is 198 Å². The van der Waals surface area contributed by atoms with Gasteiger partial charge in [-0.25, -0.2) is 9.59 Å². The van der Waals surface area contributed by atoms with Crippen LogP contribution in [0.25, 0.3) is 0 Å². The molecule has 2 fully saturated rings. The van der Waals surface area contributed by atoms with E-state index in [4.69, 9.17) is 34.6 Å². The average molecular weight is 1660 g/mol. The fraction of sp³-hybridized carbons (Fsp3) is 0.493. The van der Waals surface area contributed by atoms with Crippen LogP contribution in [0.3, 0.4) is 0 Å². The molecule has 12 N–H and O–H groups in total. The maximum atomic E-state index is 14.1. The number of alkyl carbamates (subject to hydrolysis) is 1. The summed E-state index contributed by atoms with van der Waals surface area (Å²) >= 11 is 2.01. The van der Waals surface area contributed by atoms with Gasteiger partial charge in [0.15, 0.2) is 17.9 Å². The molecular weight excluding hydrogens is 1580 g/mol. The molecular formula is C67H79F3N6Na4O26P2S2. The second-order valence-electron chi connectivity index (χ2n) is 25.2. The van der Waals surface area contributed by atoms with E-state index >= 15 is 0 Å². The Morgan fingerprint density at radius 1 is 0.800 bits per heavy atom. The molecule has 43 heteroatoms. The van der Waals surface area contributed by atoms with Crippen LogP contribution < -0.4 is 170 Å². The number of alkyl halides is 3. The summed E-state index contributed by atoms with van der Waals surface area (Å²) in [4.78, 5) is 177. The topological polar surface area (TPSA) is 533 Å². The molecule has 0 aromatic heterocycles. The Kier molecular flexibility index (Phi) is 41.6. The molecule has 2 saturated heterocycles. The number of ether oxygens (including phenoxy) is 4. The molecule has 1 unspecified atom stereocenters. The minimum absolute atomic E-state index is 0. The quantitative estimate of drug-likeness (QED) is 0.00599. The van der Waals surface area contributed by atoms with E-state index in [2.05, 4.69) is 21.3 Å². The van der Waals surface area contributed by atoms with Crippen molar-refractivity contribution in [3.05, 3.63) is 117 Å². The Labute approximate surface area is 726 Å². The van der Waals surface area contributed by atoms with Crippen molar-refractivity contribution in [2.24, 2.45) is 5.73 Å². The number of carbonyl (C=O) groups is 10. The first-order valence-corrected chi connectivity index (χ1v) is 38.6. The van der Waals surface area contributed by atoms with E-state index in [1.54, 1.807) is 42.5 Å². The SMILES string of the molecule is COc1cccc2c1C(=O)c1c(O)c3c(c(O)c1C2=O)C[C@@](O)(C(=O)CO)C[C@@H]3O[C@H]1C[C@H](NC(=O)OCc2ccc(NC(=O)[C@H](CCCCN)NC(=O)[C@H](Cc3ccccc3)NC(=O)CCCCCN3C(=O)CC(SCCCSCC(P(=O)([O-])[O-])P(=O)([O-])[O-])C3=O)cc2)[C@H](O)[C@H](C)O1.O=C(O)C(F)(F)F.[Na+].[Na+].[Na+].[Na+]. The number of thioether (sulfide) groups is 2. The third kappa shape index (κ3) is 27.4. The third-order valence-electron chi connectivity index (χ3n) is 17.6. The van der Waals surface area contributed by atoms with Crippen molar-refractivity contribution >= 4 is 103 Å². The number of phenols is 2. The number of benzene rings is 4. The molecule has 110 heavy (non-hydrogen) atoms. The van der Waals surface area contributed by atoms with Crippen LogP contribution in [0.5, 0.6) is 17.2 Å². The van der Waals surface area contributed by atoms with Crippen LogP contribution >= 0.6 is 38.7 Å². The average Bonchev–Trinajstić information content (AvgIpc) is 0.853. The molecule has 2 aliphatic heterocycles. The van der Waals surface area contributed by atoms with Crippen molar-refractivity contribution in [1.82, 2.24) is 20.9 Å². The zero-order valence-corrected chi connectivity index (χ0v) is 72.4. The molecule has 32 nitrogen and oxygen atoms in total. The summed E-state index contributed by atoms with van der Waals surface area (Å²) in [5, 5.41) is 71.4. The molecule has 4 aliphatic rings. The van der Waals surface area contributed by atoms with Crippen molar-refractivity contribution in [1.29, 1.82) is 0 Å². The van der Waals surface area contributed by atoms with Crippen molar-refractivity contribution in [2.75, 3.05) is 49.4 Å². The number of likely N-dealkylation sites (tertiary alicyclic amines) is 1. The van der Waals surface area contributed by atoms with Gasteiger partial charge < -0.3 is 105 Å². The van der Waals surface area contributed by atoms with Gasteiger partial charge in [0.05, 0.1) is 47.3 Å². The number of amides is 6. The Balaban J connectivity index is 0.00000271. The Hall–Kier alpha value is -3.87. The molecule has 0 spiro atoms. The van der Waals surface area contributed by atoms with Gasteiger partial charge in [-0.1, -0.05) is 76.2 Å². The predicted octanol–water partition coefficient (Wildman–Crippen LogP) is -10.4. The zero-order chi connectivity index (χ0) is 78.2. The molecule has 9 atom stereocenters. The second-order valence-corrected chi connectivity index (χ2v) is 31.5. The summed E-state index contributed by atoms with van der Waals surface area (Å²) in [6, 6.07) is 15.9. The largest absolute Gasteiger partial charge is 1.00 e. The van der Waals surface area contributed by atoms with Crippen molar-refractivity contribution in [2.45, 2.75) is 162 Å². The number of imide groups is 1. The fourth-order valence-corrected chi connectivity index (χ4v) is 17.7. The predicted molar refractivity (Wildman–Crippen MR) is 364 cm³/mol. The number of carboxylic acids is 1. The van der Waals surface area contributed by atoms with Gasteiger partial charge in [-0.05, 0) is 92.8 Å². The van der Waals surface area contributed by atoms with Gasteiger partial charge in [0.1, 0.15) is 54.3 Å². The summed E-state index contributed by atoms with van der Waals surface area (Å²) in [7, 11) is -10.0. The number of carbonyl (C=O) groups excluding carboxylic acids is 9. The van der Waals surface area contributed by atoms with Gasteiger partial charge in [0.25, 0.3) is 0 Å². The summed E-state index contributed by atoms with van der Waals surface area (Å²) in [5.74, 6) is -9.80. The van der Waals surface area contributed by atoms with E-state index in [1.165, 1.54) is 56.1 Å². The number of nitrogens with zero attached hydrogens (tertiary/aromatic N) is 1. The van der Waals surface area contributed by atoms with Gasteiger partial charge in [0, 0.05) is 78.6 Å². The number of halogens is 3. The smallest absolute Gasteiger partial charge is 0.810 e. The number of ketones is 3. The van der Waals surface area contributed by atoms with Gasteiger partial charge in [0.2, 0.25) is 35.3 Å². The standard InChI is InChI=1S/C65H82N6O24P2S2.C2HF3O2.4Na/c1-35-56(76)42(28-50(94-35)95-45-31-65(85,47(73)32-72)30-40-53(45)60(80)55-54(58(40)78)57(77)39-15-11-17-44(92-2)52(39)59(55)79)70-64(84)93-33-37-19-21-38(22-20-37)67-61(81)41(16-8-9-23-66)69-62(82)43(27-36-13-5-3-6-14-36)68-48(74)18-7-4-10-24-71-49(75)29-46(63(71)83)99-26-12-25-98-34-51(96(86,87)88)97(89,90)91;3-2(4,5)1(6)7;;;;/h3,5-6,11,13-15,17,19-22,35,41-43,45-46,50-51,56,72,76,78,80,85H,4,7-10,12,16,18,23-34,66H2,1-2H3,(H,67,81)(H,68,74)(H,69,82)(H,70,84)(H2,86,87,88)(H2,89,90,91);(H,6,7);;;;/q;;4*+1/p-4/t35-,41-,42-,43-,45-,46?,50-,56+,65-;;;;;/m0...../s1. The number of hydrogen-bond donors (Lipinski definition) is 11. The monoisotopic (exact) mass is 1660 g/mol. The fourth-order valence-electron chi connectivity index (χ4n) is 12.2. The van der Waals surface area contributed by atoms with Crippen LogP contribution in [0.15, 0.2) is 72.8 Å². The molecule has 2 aliphatic carbocycles. The van der Waals surface area contributed by atoms with Crippen LogP contribution in [0.2, 0.25) is 0 Å². The number of hydrogen-bond acceptors (Lipinski definition) is 28. The molecule has 0 saturated carbocycles. The Morgan fingerprint density at radius 3 is 2.05 bits per heavy atom. The number of anilines is 1. The number of Topliss-reactive ketones (excluding diaryl/α,β-unsaturated/α-hetero) is 1. The molecule has 580 valence electrons. The molecule has 0 bridgehead atoms. The van der Waals surface area contributed by atoms with Gasteiger partial charge in [-0.3, -0.25) is 43.3 Å². The van der Waals surface area contributed by atoms with E-state index < -0.39 is 181 Å². The van der Waals surface area contributed by atoms with Gasteiger partial charge >= 0.3 is 136 Å². The minimum Gasteiger partial charge on any atom is -0.810 e. The minimum atomic E-state index is -5.66. The van der Waals surface area contributed by atoms with E-state index in [-0.39, 0.29) is 203 Å². The van der Waals surface area contributed by atoms with Crippen LogP contribution in [0, 0.1) is 0 Å². The summed E-state index contributed by atoms with van der Waals surface area (Å²) < 4.78 is 77.3. The van der Waals surface area contributed by atoms with Crippen LogP contribution in [-0.2, 0) is 76.4 Å². The molecule has 4 aromatic carbocycles. The number of aromatic hydroxyl groups is 2. The third-order valence-corrected chi connectivity index (χ3v) is 24.1. The van der Waals surface area contributed by atoms with E-state index in [9.17, 15) is 111 Å². The Morgan fingerprint density at radius 2 is 1.45 bits per heavy atom. The number of aliphatic hydroxyl groups excluding tert-OH is 2. The molecule has 0 radical (unpaired) electrons. The number of methoxy groups -OCH3 is 1. The number of aliphatic carboxylic acids is 1. The number of phenolic OH excluding ortho intramolecular Hbond substituents is 2. The van der Waals surface area contributed by atoms with Crippen LogP contribution in [0.1, 0.15) is 138 Å². The number of carboxylic acid groups (broad SMARTS) is 1. The maximum absolute atomic E-state index is 14.1. The summed E-state index contributed by atoms with van der Waals surface area (Å²) in [6.45, 7) is 0.423. The number of aliphatic hydroxyl groups is 3. The van der Waals surface area contributed by atoms with Gasteiger partial charge in [-0.15, -0.1) is 11.8 Å². The maximum Gasteiger partial charge on any atom is 1.00 e. The first-order valence-electron chi connectivity index (χ1n) is 33.2. The second kappa shape index (κ2) is 45.6. The number of unbranched alkanes of at least 4 members (excludes halogenated alkanes) is 3. The Bertz CT molecular complexity index is 3990. The molecule has 6 amide bonds. The normalized spacial score (nSPS) is 19.9. The van der Waals surface area contributed by atoms with E-state index in [0.717, 1.165) is 16.7 Å². The molecule has 4 aromatic rings. The molecule has 8 rings (SSSR count). The zero-order valence-electron chi connectivity index (χ0n) is 61.0. The molecule has 2 heterocycles. The number of rotatable bonds is 34. The van der Waals surface area contributed by atoms with Crippen LogP contribution in [0.4, 0.5) is 23.7 Å². The first kappa shape index (κ1) is 100.